The topological polar surface area (TPSA) is 90.6 Å². The van der Waals surface area contributed by atoms with Crippen LogP contribution in [0.3, 0.4) is 0 Å². The summed E-state index contributed by atoms with van der Waals surface area (Å²) in [5.74, 6) is 0.102. The number of hydrogen-bond donors (Lipinski definition) is 2. The Labute approximate surface area is 170 Å². The fourth-order valence-corrected chi connectivity index (χ4v) is 4.41. The van der Waals surface area contributed by atoms with E-state index >= 15 is 0 Å². The first-order chi connectivity index (χ1) is 14.2. The monoisotopic (exact) mass is 399 g/mol. The minimum Gasteiger partial charge on any atom is -0.378 e. The first-order valence-corrected chi connectivity index (χ1v) is 10.5. The van der Waals surface area contributed by atoms with E-state index in [2.05, 4.69) is 27.1 Å². The number of fused-ring (bicyclic) bond motifs is 1. The molecule has 2 amide bonds. The van der Waals surface area contributed by atoms with Crippen LogP contribution in [0.4, 0.5) is 0 Å². The van der Waals surface area contributed by atoms with Gasteiger partial charge in [-0.15, -0.1) is 0 Å². The van der Waals surface area contributed by atoms with Crippen molar-refractivity contribution >= 4 is 22.7 Å². The molecule has 8 nitrogen and oxygen atoms in total. The summed E-state index contributed by atoms with van der Waals surface area (Å²) in [6, 6.07) is 1.75. The Morgan fingerprint density at radius 3 is 3.14 bits per heavy atom. The van der Waals surface area contributed by atoms with Crippen molar-refractivity contribution in [2.75, 3.05) is 39.4 Å². The van der Waals surface area contributed by atoms with Crippen LogP contribution in [0.5, 0.6) is 0 Å². The number of H-pyrrole nitrogens is 1. The maximum atomic E-state index is 13.0. The van der Waals surface area contributed by atoms with Gasteiger partial charge in [-0.2, -0.15) is 0 Å². The van der Waals surface area contributed by atoms with Crippen LogP contribution >= 0.6 is 0 Å². The van der Waals surface area contributed by atoms with Crippen molar-refractivity contribution in [3.8, 4) is 0 Å². The van der Waals surface area contributed by atoms with Gasteiger partial charge in [0.05, 0.1) is 31.3 Å². The van der Waals surface area contributed by atoms with E-state index < -0.39 is 0 Å². The Kier molecular flexibility index (Phi) is 6.10. The average Bonchev–Trinajstić information content (AvgIpc) is 3.39. The van der Waals surface area contributed by atoms with Crippen molar-refractivity contribution in [3.63, 3.8) is 0 Å². The molecule has 0 spiro atoms. The van der Waals surface area contributed by atoms with Gasteiger partial charge < -0.3 is 19.9 Å². The second-order valence-electron chi connectivity index (χ2n) is 7.76. The molecule has 2 fully saturated rings. The molecule has 2 aliphatic rings. The van der Waals surface area contributed by atoms with Crippen LogP contribution < -0.4 is 5.32 Å². The molecule has 29 heavy (non-hydrogen) atoms. The number of morpholine rings is 1. The highest BCUT2D eigenvalue weighted by molar-refractivity contribution is 5.88. The molecular weight excluding hydrogens is 370 g/mol. The number of pyridine rings is 1. The summed E-state index contributed by atoms with van der Waals surface area (Å²) >= 11 is 0. The van der Waals surface area contributed by atoms with Gasteiger partial charge in [0.25, 0.3) is 0 Å². The summed E-state index contributed by atoms with van der Waals surface area (Å²) in [6.07, 6.45) is 7.65. The zero-order chi connectivity index (χ0) is 20.2. The average molecular weight is 399 g/mol. The third-order valence-electron chi connectivity index (χ3n) is 6.07. The van der Waals surface area contributed by atoms with Crippen molar-refractivity contribution in [2.45, 2.75) is 38.3 Å². The molecule has 0 bridgehead atoms. The van der Waals surface area contributed by atoms with Gasteiger partial charge in [-0.3, -0.25) is 19.5 Å². The Bertz CT molecular complexity index is 867. The second kappa shape index (κ2) is 8.92. The molecule has 0 saturated carbocycles. The van der Waals surface area contributed by atoms with Gasteiger partial charge in [0.15, 0.2) is 0 Å². The van der Waals surface area contributed by atoms with Gasteiger partial charge in [-0.05, 0) is 31.0 Å². The molecule has 4 heterocycles. The van der Waals surface area contributed by atoms with Gasteiger partial charge in [0.2, 0.25) is 11.8 Å². The quantitative estimate of drug-likeness (QED) is 0.754. The number of carbonyl (C=O) groups is 2. The number of nitrogens with zero attached hydrogens (tertiary/aromatic N) is 3. The van der Waals surface area contributed by atoms with E-state index in [4.69, 9.17) is 4.74 Å². The van der Waals surface area contributed by atoms with Crippen LogP contribution in [0.1, 0.15) is 25.3 Å². The number of aromatic nitrogens is 2. The van der Waals surface area contributed by atoms with E-state index in [0.29, 0.717) is 26.2 Å². The number of likely N-dealkylation sites (tertiary alicyclic amines) is 1. The SMILES string of the molecule is CCN1CCOCC1C(=O)NC[C@H]1CCCN1C(=O)Cc1c[nH]c2cnccc12. The van der Waals surface area contributed by atoms with Crippen LogP contribution in [0.25, 0.3) is 10.9 Å². The molecular formula is C21H29N5O3. The predicted molar refractivity (Wildman–Crippen MR) is 109 cm³/mol. The normalized spacial score (nSPS) is 22.9. The fraction of sp³-hybridized carbons (Fsp3) is 0.571. The summed E-state index contributed by atoms with van der Waals surface area (Å²) in [6.45, 7) is 6.02. The molecule has 0 aromatic carbocycles. The van der Waals surface area contributed by atoms with E-state index in [1.54, 1.807) is 12.4 Å². The maximum absolute atomic E-state index is 13.0. The first-order valence-electron chi connectivity index (χ1n) is 10.5. The van der Waals surface area contributed by atoms with Crippen molar-refractivity contribution in [3.05, 3.63) is 30.2 Å². The minimum absolute atomic E-state index is 0.00465. The van der Waals surface area contributed by atoms with E-state index in [1.807, 2.05) is 17.2 Å². The molecule has 2 aliphatic heterocycles. The minimum atomic E-state index is -0.237. The summed E-state index contributed by atoms with van der Waals surface area (Å²) < 4.78 is 5.49. The summed E-state index contributed by atoms with van der Waals surface area (Å²) in [4.78, 5) is 37.0. The number of ether oxygens (including phenoxy) is 1. The van der Waals surface area contributed by atoms with E-state index in [0.717, 1.165) is 48.9 Å². The molecule has 0 radical (unpaired) electrons. The van der Waals surface area contributed by atoms with Gasteiger partial charge in [0.1, 0.15) is 6.04 Å². The highest BCUT2D eigenvalue weighted by Crippen LogP contribution is 2.22. The molecule has 2 N–H and O–H groups in total. The summed E-state index contributed by atoms with van der Waals surface area (Å²) in [5.41, 5.74) is 1.93. The maximum Gasteiger partial charge on any atom is 0.239 e. The van der Waals surface area contributed by atoms with Gasteiger partial charge in [-0.1, -0.05) is 6.92 Å². The predicted octanol–water partition coefficient (Wildman–Crippen LogP) is 0.933. The molecule has 156 valence electrons. The molecule has 2 atom stereocenters. The highest BCUT2D eigenvalue weighted by Gasteiger charge is 2.32. The summed E-state index contributed by atoms with van der Waals surface area (Å²) in [7, 11) is 0. The van der Waals surface area contributed by atoms with E-state index in [9.17, 15) is 9.59 Å². The van der Waals surface area contributed by atoms with Crippen molar-refractivity contribution < 1.29 is 14.3 Å². The second-order valence-corrected chi connectivity index (χ2v) is 7.76. The van der Waals surface area contributed by atoms with Gasteiger partial charge in [-0.25, -0.2) is 0 Å². The van der Waals surface area contributed by atoms with Crippen molar-refractivity contribution in [1.82, 2.24) is 25.1 Å². The smallest absolute Gasteiger partial charge is 0.239 e. The molecule has 0 aliphatic carbocycles. The van der Waals surface area contributed by atoms with Crippen molar-refractivity contribution in [1.29, 1.82) is 0 Å². The van der Waals surface area contributed by atoms with E-state index in [1.165, 1.54) is 0 Å². The molecule has 8 heteroatoms. The molecule has 2 aromatic heterocycles. The summed E-state index contributed by atoms with van der Waals surface area (Å²) in [5, 5.41) is 4.10. The zero-order valence-electron chi connectivity index (χ0n) is 16.9. The van der Waals surface area contributed by atoms with Crippen LogP contribution in [0.15, 0.2) is 24.7 Å². The lowest BCUT2D eigenvalue weighted by molar-refractivity contribution is -0.134. The molecule has 2 saturated heterocycles. The third-order valence-corrected chi connectivity index (χ3v) is 6.07. The Hall–Kier alpha value is -2.45. The largest absolute Gasteiger partial charge is 0.378 e. The van der Waals surface area contributed by atoms with Gasteiger partial charge >= 0.3 is 0 Å². The first kappa shape index (κ1) is 19.8. The Morgan fingerprint density at radius 2 is 2.28 bits per heavy atom. The number of likely N-dealkylation sites (N-methyl/N-ethyl adjacent to an activating group) is 1. The lowest BCUT2D eigenvalue weighted by Gasteiger charge is -2.34. The van der Waals surface area contributed by atoms with Gasteiger partial charge in [0, 0.05) is 43.5 Å². The van der Waals surface area contributed by atoms with E-state index in [-0.39, 0.29) is 23.9 Å². The van der Waals surface area contributed by atoms with Crippen molar-refractivity contribution in [2.24, 2.45) is 0 Å². The lowest BCUT2D eigenvalue weighted by Crippen LogP contribution is -2.55. The van der Waals surface area contributed by atoms with Crippen LogP contribution in [-0.4, -0.2) is 83.1 Å². The lowest BCUT2D eigenvalue weighted by atomic mass is 10.1. The molecule has 4 rings (SSSR count). The number of rotatable bonds is 6. The Morgan fingerprint density at radius 1 is 1.38 bits per heavy atom. The highest BCUT2D eigenvalue weighted by atomic mass is 16.5. The number of aromatic amines is 1. The van der Waals surface area contributed by atoms with Crippen LogP contribution in [-0.2, 0) is 20.7 Å². The number of hydrogen-bond acceptors (Lipinski definition) is 5. The zero-order valence-corrected chi connectivity index (χ0v) is 16.9. The third kappa shape index (κ3) is 4.28. The Balaban J connectivity index is 1.35. The standard InChI is InChI=1S/C21H29N5O3/c1-2-25-8-9-29-14-19(25)21(28)24-12-16-4-3-7-26(16)20(27)10-15-11-23-18-13-22-6-5-17(15)18/h5-6,11,13,16,19,23H,2-4,7-10,12,14H2,1H3,(H,24,28)/t16-,19?/m1/s1. The number of amides is 2. The molecule has 1 unspecified atom stereocenters. The number of carbonyl (C=O) groups excluding carboxylic acids is 2. The van der Waals surface area contributed by atoms with Crippen LogP contribution in [0, 0.1) is 0 Å². The van der Waals surface area contributed by atoms with Crippen LogP contribution in [0.2, 0.25) is 0 Å². The molecule has 2 aromatic rings. The number of nitrogens with one attached hydrogen (secondary N) is 2. The fourth-order valence-electron chi connectivity index (χ4n) is 4.41.